The van der Waals surface area contributed by atoms with Crippen LogP contribution in [0.3, 0.4) is 0 Å². The highest BCUT2D eigenvalue weighted by molar-refractivity contribution is 6.30. The zero-order chi connectivity index (χ0) is 13.9. The Morgan fingerprint density at radius 1 is 1.37 bits per heavy atom. The maximum atomic E-state index is 12.3. The molecule has 1 aliphatic carbocycles. The molecule has 0 atom stereocenters. The predicted molar refractivity (Wildman–Crippen MR) is 76.6 cm³/mol. The lowest BCUT2D eigenvalue weighted by atomic mass is 9.82. The standard InChI is InChI=1S/C15H20ClNO2/c1-11-9-12(16)5-6-13(11)14(19)17-15(10-18)7-3-2-4-8-15/h5-6,9,18H,2-4,7-8,10H2,1H3,(H,17,19). The Balaban J connectivity index is 2.15. The lowest BCUT2D eigenvalue weighted by Gasteiger charge is -2.36. The fourth-order valence-corrected chi connectivity index (χ4v) is 2.97. The smallest absolute Gasteiger partial charge is 0.252 e. The van der Waals surface area contributed by atoms with E-state index >= 15 is 0 Å². The first-order valence-corrected chi connectivity index (χ1v) is 7.14. The largest absolute Gasteiger partial charge is 0.394 e. The van der Waals surface area contributed by atoms with Crippen molar-refractivity contribution in [3.05, 3.63) is 34.3 Å². The molecule has 1 aromatic carbocycles. The van der Waals surface area contributed by atoms with Gasteiger partial charge in [-0.05, 0) is 43.5 Å². The van der Waals surface area contributed by atoms with Gasteiger partial charge in [0.15, 0.2) is 0 Å². The molecule has 0 aliphatic heterocycles. The molecule has 4 heteroatoms. The topological polar surface area (TPSA) is 49.3 Å². The van der Waals surface area contributed by atoms with E-state index in [-0.39, 0.29) is 12.5 Å². The van der Waals surface area contributed by atoms with Crippen LogP contribution in [0.25, 0.3) is 0 Å². The number of hydrogen-bond donors (Lipinski definition) is 2. The second-order valence-corrected chi connectivity index (χ2v) is 5.85. The van der Waals surface area contributed by atoms with Crippen LogP contribution in [0.2, 0.25) is 5.02 Å². The second kappa shape index (κ2) is 5.93. The first kappa shape index (κ1) is 14.4. The minimum Gasteiger partial charge on any atom is -0.394 e. The third kappa shape index (κ3) is 3.28. The van der Waals surface area contributed by atoms with Crippen molar-refractivity contribution in [2.75, 3.05) is 6.61 Å². The van der Waals surface area contributed by atoms with Gasteiger partial charge in [-0.2, -0.15) is 0 Å². The van der Waals surface area contributed by atoms with Crippen LogP contribution >= 0.6 is 11.6 Å². The maximum absolute atomic E-state index is 12.3. The van der Waals surface area contributed by atoms with E-state index in [1.165, 1.54) is 6.42 Å². The number of rotatable bonds is 3. The Bertz CT molecular complexity index is 467. The summed E-state index contributed by atoms with van der Waals surface area (Å²) in [5, 5.41) is 13.3. The fourth-order valence-electron chi connectivity index (χ4n) is 2.74. The van der Waals surface area contributed by atoms with Crippen LogP contribution in [0.1, 0.15) is 48.0 Å². The van der Waals surface area contributed by atoms with Crippen molar-refractivity contribution in [3.8, 4) is 0 Å². The molecule has 3 nitrogen and oxygen atoms in total. The highest BCUT2D eigenvalue weighted by Gasteiger charge is 2.33. The summed E-state index contributed by atoms with van der Waals surface area (Å²) in [4.78, 5) is 12.3. The molecule has 1 aromatic rings. The van der Waals surface area contributed by atoms with Crippen molar-refractivity contribution in [1.82, 2.24) is 5.32 Å². The van der Waals surface area contributed by atoms with Crippen LogP contribution in [0.5, 0.6) is 0 Å². The molecule has 1 aliphatic rings. The van der Waals surface area contributed by atoms with Crippen LogP contribution in [0, 0.1) is 6.92 Å². The lowest BCUT2D eigenvalue weighted by Crippen LogP contribution is -2.52. The van der Waals surface area contributed by atoms with Crippen LogP contribution in [-0.4, -0.2) is 23.2 Å². The molecule has 0 radical (unpaired) electrons. The molecule has 1 saturated carbocycles. The van der Waals surface area contributed by atoms with Crippen molar-refractivity contribution in [3.63, 3.8) is 0 Å². The van der Waals surface area contributed by atoms with E-state index in [4.69, 9.17) is 11.6 Å². The van der Waals surface area contributed by atoms with Gasteiger partial charge in [0.1, 0.15) is 0 Å². The molecule has 0 aromatic heterocycles. The molecule has 0 spiro atoms. The highest BCUT2D eigenvalue weighted by Crippen LogP contribution is 2.28. The van der Waals surface area contributed by atoms with E-state index in [2.05, 4.69) is 5.32 Å². The summed E-state index contributed by atoms with van der Waals surface area (Å²) in [5.74, 6) is -0.120. The maximum Gasteiger partial charge on any atom is 0.252 e. The van der Waals surface area contributed by atoms with Gasteiger partial charge in [0.05, 0.1) is 12.1 Å². The molecule has 1 amide bonds. The van der Waals surface area contributed by atoms with Crippen molar-refractivity contribution < 1.29 is 9.90 Å². The van der Waals surface area contributed by atoms with E-state index in [0.29, 0.717) is 10.6 Å². The molecular formula is C15H20ClNO2. The van der Waals surface area contributed by atoms with Crippen molar-refractivity contribution >= 4 is 17.5 Å². The number of amides is 1. The summed E-state index contributed by atoms with van der Waals surface area (Å²) >= 11 is 5.90. The molecule has 0 heterocycles. The molecule has 0 saturated heterocycles. The molecule has 1 fully saturated rings. The predicted octanol–water partition coefficient (Wildman–Crippen LogP) is 3.07. The third-order valence-electron chi connectivity index (χ3n) is 3.93. The van der Waals surface area contributed by atoms with E-state index in [0.717, 1.165) is 31.2 Å². The Kier molecular flexibility index (Phi) is 4.48. The number of aryl methyl sites for hydroxylation is 1. The number of halogens is 1. The van der Waals surface area contributed by atoms with E-state index < -0.39 is 5.54 Å². The molecule has 104 valence electrons. The number of benzene rings is 1. The van der Waals surface area contributed by atoms with Crippen LogP contribution in [0.4, 0.5) is 0 Å². The van der Waals surface area contributed by atoms with Crippen molar-refractivity contribution in [1.29, 1.82) is 0 Å². The van der Waals surface area contributed by atoms with Crippen LogP contribution in [0.15, 0.2) is 18.2 Å². The van der Waals surface area contributed by atoms with Gasteiger partial charge in [-0.1, -0.05) is 30.9 Å². The molecular weight excluding hydrogens is 262 g/mol. The zero-order valence-corrected chi connectivity index (χ0v) is 12.0. The molecule has 19 heavy (non-hydrogen) atoms. The minimum atomic E-state index is -0.443. The highest BCUT2D eigenvalue weighted by atomic mass is 35.5. The van der Waals surface area contributed by atoms with Crippen LogP contribution in [-0.2, 0) is 0 Å². The molecule has 2 N–H and O–H groups in total. The SMILES string of the molecule is Cc1cc(Cl)ccc1C(=O)NC1(CO)CCCCC1. The number of aliphatic hydroxyl groups is 1. The number of carbonyl (C=O) groups excluding carboxylic acids is 1. The van der Waals surface area contributed by atoms with Crippen molar-refractivity contribution in [2.45, 2.75) is 44.6 Å². The van der Waals surface area contributed by atoms with Crippen molar-refractivity contribution in [2.24, 2.45) is 0 Å². The Morgan fingerprint density at radius 3 is 2.63 bits per heavy atom. The number of carbonyl (C=O) groups is 1. The summed E-state index contributed by atoms with van der Waals surface area (Å²) in [6.45, 7) is 1.87. The van der Waals surface area contributed by atoms with Crippen LogP contribution < -0.4 is 5.32 Å². The summed E-state index contributed by atoms with van der Waals surface area (Å²) in [6, 6.07) is 5.24. The van der Waals surface area contributed by atoms with Gasteiger partial charge in [0.2, 0.25) is 0 Å². The Morgan fingerprint density at radius 2 is 2.05 bits per heavy atom. The quantitative estimate of drug-likeness (QED) is 0.894. The van der Waals surface area contributed by atoms with E-state index in [9.17, 15) is 9.90 Å². The fraction of sp³-hybridized carbons (Fsp3) is 0.533. The molecule has 0 unspecified atom stereocenters. The zero-order valence-electron chi connectivity index (χ0n) is 11.2. The number of aliphatic hydroxyl groups excluding tert-OH is 1. The summed E-state index contributed by atoms with van der Waals surface area (Å²) < 4.78 is 0. The van der Waals surface area contributed by atoms with Gasteiger partial charge in [-0.25, -0.2) is 0 Å². The first-order valence-electron chi connectivity index (χ1n) is 6.76. The molecule has 2 rings (SSSR count). The van der Waals surface area contributed by atoms with Gasteiger partial charge in [0.25, 0.3) is 5.91 Å². The summed E-state index contributed by atoms with van der Waals surface area (Å²) in [5.41, 5.74) is 1.04. The van der Waals surface area contributed by atoms with Gasteiger partial charge >= 0.3 is 0 Å². The average Bonchev–Trinajstić information content (AvgIpc) is 2.39. The van der Waals surface area contributed by atoms with E-state index in [1.807, 2.05) is 6.92 Å². The first-order chi connectivity index (χ1) is 9.06. The second-order valence-electron chi connectivity index (χ2n) is 5.41. The minimum absolute atomic E-state index is 0.00533. The average molecular weight is 282 g/mol. The normalized spacial score (nSPS) is 18.1. The molecule has 0 bridgehead atoms. The summed E-state index contributed by atoms with van der Waals surface area (Å²) in [7, 11) is 0. The lowest BCUT2D eigenvalue weighted by molar-refractivity contribution is 0.0758. The Labute approximate surface area is 119 Å². The Hall–Kier alpha value is -1.06. The van der Waals surface area contributed by atoms with Gasteiger partial charge in [-0.15, -0.1) is 0 Å². The summed E-state index contributed by atoms with van der Waals surface area (Å²) in [6.07, 6.45) is 4.99. The third-order valence-corrected chi connectivity index (χ3v) is 4.16. The van der Waals surface area contributed by atoms with E-state index in [1.54, 1.807) is 18.2 Å². The number of hydrogen-bond acceptors (Lipinski definition) is 2. The van der Waals surface area contributed by atoms with Gasteiger partial charge in [0, 0.05) is 10.6 Å². The van der Waals surface area contributed by atoms with Gasteiger partial charge < -0.3 is 10.4 Å². The monoisotopic (exact) mass is 281 g/mol. The van der Waals surface area contributed by atoms with Gasteiger partial charge in [-0.3, -0.25) is 4.79 Å². The number of nitrogens with one attached hydrogen (secondary N) is 1.